The van der Waals surface area contributed by atoms with E-state index in [2.05, 4.69) is 0 Å². The molecule has 0 bridgehead atoms. The molecule has 0 saturated heterocycles. The molecule has 0 aliphatic heterocycles. The second-order valence-corrected chi connectivity index (χ2v) is 4.61. The summed E-state index contributed by atoms with van der Waals surface area (Å²) in [5, 5.41) is 19.2. The Labute approximate surface area is 121 Å². The van der Waals surface area contributed by atoms with Crippen molar-refractivity contribution in [2.24, 2.45) is 5.73 Å². The molecule has 2 aromatic rings. The Morgan fingerprint density at radius 3 is 1.90 bits per heavy atom. The van der Waals surface area contributed by atoms with E-state index in [0.29, 0.717) is 16.7 Å². The van der Waals surface area contributed by atoms with Crippen LogP contribution in [0.15, 0.2) is 54.6 Å². The van der Waals surface area contributed by atoms with Gasteiger partial charge >= 0.3 is 0 Å². The van der Waals surface area contributed by atoms with Crippen molar-refractivity contribution in [1.82, 2.24) is 0 Å². The first-order valence-electron chi connectivity index (χ1n) is 6.36. The molecule has 0 aromatic heterocycles. The van der Waals surface area contributed by atoms with E-state index >= 15 is 0 Å². The lowest BCUT2D eigenvalue weighted by Gasteiger charge is -2.15. The highest BCUT2D eigenvalue weighted by Gasteiger charge is 2.23. The van der Waals surface area contributed by atoms with Gasteiger partial charge in [-0.2, -0.15) is 0 Å². The molecule has 4 N–H and O–H groups in total. The number of aliphatic hydroxyl groups excluding tert-OH is 2. The molecule has 5 nitrogen and oxygen atoms in total. The van der Waals surface area contributed by atoms with E-state index in [0.717, 1.165) is 0 Å². The van der Waals surface area contributed by atoms with Crippen molar-refractivity contribution in [3.05, 3.63) is 71.3 Å². The Morgan fingerprint density at radius 1 is 0.857 bits per heavy atom. The van der Waals surface area contributed by atoms with Crippen molar-refractivity contribution < 1.29 is 19.8 Å². The number of hydrogen-bond acceptors (Lipinski definition) is 4. The zero-order valence-corrected chi connectivity index (χ0v) is 11.1. The quantitative estimate of drug-likeness (QED) is 0.707. The number of nitrogens with two attached hydrogens (primary N) is 1. The average molecular weight is 285 g/mol. The maximum Gasteiger partial charge on any atom is 0.249 e. The minimum atomic E-state index is -1.68. The Bertz CT molecular complexity index is 637. The number of primary amides is 1. The van der Waals surface area contributed by atoms with Gasteiger partial charge in [-0.3, -0.25) is 9.59 Å². The van der Waals surface area contributed by atoms with Crippen LogP contribution in [0.3, 0.4) is 0 Å². The average Bonchev–Trinajstić information content (AvgIpc) is 2.53. The summed E-state index contributed by atoms with van der Waals surface area (Å²) in [7, 11) is 0. The van der Waals surface area contributed by atoms with Gasteiger partial charge in [0.15, 0.2) is 11.9 Å². The molecule has 0 radical (unpaired) electrons. The lowest BCUT2D eigenvalue weighted by molar-refractivity contribution is -0.131. The summed E-state index contributed by atoms with van der Waals surface area (Å²) in [5.41, 5.74) is 6.24. The monoisotopic (exact) mass is 285 g/mol. The Morgan fingerprint density at radius 2 is 1.38 bits per heavy atom. The lowest BCUT2D eigenvalue weighted by Crippen LogP contribution is -2.33. The minimum absolute atomic E-state index is 0.146. The highest BCUT2D eigenvalue weighted by Crippen LogP contribution is 2.19. The van der Waals surface area contributed by atoms with E-state index < -0.39 is 18.1 Å². The van der Waals surface area contributed by atoms with Gasteiger partial charge in [0.2, 0.25) is 5.91 Å². The summed E-state index contributed by atoms with van der Waals surface area (Å²) >= 11 is 0. The summed E-state index contributed by atoms with van der Waals surface area (Å²) in [5.74, 6) is -1.15. The molecule has 1 amide bonds. The molecular formula is C16H15NO4. The van der Waals surface area contributed by atoms with Gasteiger partial charge in [-0.1, -0.05) is 54.6 Å². The second kappa shape index (κ2) is 6.30. The fraction of sp³-hybridized carbons (Fsp3) is 0.125. The number of amides is 1. The topological polar surface area (TPSA) is 101 Å². The largest absolute Gasteiger partial charge is 0.385 e. The molecule has 0 saturated carbocycles. The summed E-state index contributed by atoms with van der Waals surface area (Å²) < 4.78 is 0. The van der Waals surface area contributed by atoms with Gasteiger partial charge < -0.3 is 15.9 Å². The van der Waals surface area contributed by atoms with Crippen molar-refractivity contribution in [2.45, 2.75) is 12.2 Å². The number of rotatable bonds is 5. The van der Waals surface area contributed by atoms with Crippen LogP contribution in [0.4, 0.5) is 0 Å². The molecule has 2 unspecified atom stereocenters. The number of carbonyl (C=O) groups excluding carboxylic acids is 2. The van der Waals surface area contributed by atoms with E-state index in [4.69, 9.17) is 5.73 Å². The van der Waals surface area contributed by atoms with Gasteiger partial charge in [0.1, 0.15) is 6.10 Å². The Kier molecular flexibility index (Phi) is 4.47. The summed E-state index contributed by atoms with van der Waals surface area (Å²) in [4.78, 5) is 23.0. The summed E-state index contributed by atoms with van der Waals surface area (Å²) in [6.45, 7) is 0. The predicted molar refractivity (Wildman–Crippen MR) is 76.5 cm³/mol. The Hall–Kier alpha value is -2.50. The van der Waals surface area contributed by atoms with Crippen molar-refractivity contribution in [3.63, 3.8) is 0 Å². The molecule has 0 aliphatic carbocycles. The zero-order chi connectivity index (χ0) is 15.4. The molecule has 0 spiro atoms. The third-order valence-corrected chi connectivity index (χ3v) is 3.14. The molecule has 2 rings (SSSR count). The highest BCUT2D eigenvalue weighted by atomic mass is 16.3. The van der Waals surface area contributed by atoms with Crippen molar-refractivity contribution in [2.75, 3.05) is 0 Å². The van der Waals surface area contributed by atoms with Gasteiger partial charge in [-0.15, -0.1) is 0 Å². The van der Waals surface area contributed by atoms with E-state index in [1.165, 1.54) is 24.3 Å². The van der Waals surface area contributed by atoms with Gasteiger partial charge in [0.05, 0.1) is 0 Å². The normalized spacial score (nSPS) is 13.4. The predicted octanol–water partition coefficient (Wildman–Crippen LogP) is 0.797. The third kappa shape index (κ3) is 3.34. The smallest absolute Gasteiger partial charge is 0.249 e. The minimum Gasteiger partial charge on any atom is -0.385 e. The lowest BCUT2D eigenvalue weighted by atomic mass is 9.98. The second-order valence-electron chi connectivity index (χ2n) is 4.61. The fourth-order valence-corrected chi connectivity index (χ4v) is 1.93. The molecule has 5 heteroatoms. The van der Waals surface area contributed by atoms with Crippen LogP contribution in [0, 0.1) is 0 Å². The van der Waals surface area contributed by atoms with Crippen molar-refractivity contribution >= 4 is 11.7 Å². The molecule has 2 atom stereocenters. The first kappa shape index (κ1) is 14.9. The molecule has 0 fully saturated rings. The van der Waals surface area contributed by atoms with Gasteiger partial charge in [-0.05, 0) is 5.56 Å². The number of benzene rings is 2. The summed E-state index contributed by atoms with van der Waals surface area (Å²) in [6, 6.07) is 14.8. The maximum absolute atomic E-state index is 12.2. The maximum atomic E-state index is 12.2. The van der Waals surface area contributed by atoms with E-state index in [1.54, 1.807) is 24.3 Å². The molecule has 2 aromatic carbocycles. The third-order valence-electron chi connectivity index (χ3n) is 3.14. The number of hydrogen-bond donors (Lipinski definition) is 3. The highest BCUT2D eigenvalue weighted by molar-refractivity contribution is 6.08. The first-order chi connectivity index (χ1) is 10.0. The SMILES string of the molecule is NC(=O)C(O)C(O)c1ccc(C(=O)c2ccccc2)cc1. The molecule has 0 aliphatic rings. The molecule has 0 heterocycles. The van der Waals surface area contributed by atoms with Gasteiger partial charge in [-0.25, -0.2) is 0 Å². The van der Waals surface area contributed by atoms with Crippen LogP contribution in [-0.4, -0.2) is 28.0 Å². The summed E-state index contributed by atoms with van der Waals surface area (Å²) in [6.07, 6.45) is -3.09. The van der Waals surface area contributed by atoms with E-state index in [-0.39, 0.29) is 5.78 Å². The van der Waals surface area contributed by atoms with Crippen LogP contribution in [0.2, 0.25) is 0 Å². The fourth-order valence-electron chi connectivity index (χ4n) is 1.93. The Balaban J connectivity index is 2.20. The number of carbonyl (C=O) groups is 2. The van der Waals surface area contributed by atoms with Crippen LogP contribution in [0.1, 0.15) is 27.6 Å². The standard InChI is InChI=1S/C16H15NO4/c17-16(21)15(20)14(19)12-8-6-11(7-9-12)13(18)10-4-2-1-3-5-10/h1-9,14-15,19-20H,(H2,17,21). The zero-order valence-electron chi connectivity index (χ0n) is 11.1. The number of ketones is 1. The molecule has 21 heavy (non-hydrogen) atoms. The van der Waals surface area contributed by atoms with Crippen molar-refractivity contribution in [1.29, 1.82) is 0 Å². The van der Waals surface area contributed by atoms with Crippen molar-refractivity contribution in [3.8, 4) is 0 Å². The molecule has 108 valence electrons. The van der Waals surface area contributed by atoms with E-state index in [9.17, 15) is 19.8 Å². The van der Waals surface area contributed by atoms with Gasteiger partial charge in [0, 0.05) is 11.1 Å². The molecular weight excluding hydrogens is 270 g/mol. The first-order valence-corrected chi connectivity index (χ1v) is 6.36. The van der Waals surface area contributed by atoms with Crippen LogP contribution in [-0.2, 0) is 4.79 Å². The van der Waals surface area contributed by atoms with Gasteiger partial charge in [0.25, 0.3) is 0 Å². The van der Waals surface area contributed by atoms with Crippen LogP contribution >= 0.6 is 0 Å². The van der Waals surface area contributed by atoms with Crippen LogP contribution in [0.5, 0.6) is 0 Å². The van der Waals surface area contributed by atoms with Crippen LogP contribution in [0.25, 0.3) is 0 Å². The number of aliphatic hydroxyl groups is 2. The van der Waals surface area contributed by atoms with Crippen LogP contribution < -0.4 is 5.73 Å². The van der Waals surface area contributed by atoms with E-state index in [1.807, 2.05) is 6.07 Å².